The molecule has 2 amide bonds. The Kier molecular flexibility index (Phi) is 7.97. The van der Waals surface area contributed by atoms with E-state index in [4.69, 9.17) is 5.10 Å². The van der Waals surface area contributed by atoms with E-state index >= 15 is 4.39 Å². The molecule has 1 N–H and O–H groups in total. The Morgan fingerprint density at radius 1 is 1.18 bits per heavy atom. The number of anilines is 1. The van der Waals surface area contributed by atoms with Gasteiger partial charge in [-0.1, -0.05) is 51.5 Å². The van der Waals surface area contributed by atoms with Crippen LogP contribution in [-0.4, -0.2) is 39.9 Å². The van der Waals surface area contributed by atoms with Gasteiger partial charge in [0.1, 0.15) is 24.0 Å². The van der Waals surface area contributed by atoms with Gasteiger partial charge in [-0.2, -0.15) is 5.10 Å². The molecule has 0 saturated heterocycles. The van der Waals surface area contributed by atoms with Crippen molar-refractivity contribution in [2.45, 2.75) is 64.7 Å². The van der Waals surface area contributed by atoms with E-state index < -0.39 is 22.3 Å². The molecule has 3 aromatic rings. The third kappa shape index (κ3) is 5.62. The summed E-state index contributed by atoms with van der Waals surface area (Å²) in [5.74, 6) is -1.48. The summed E-state index contributed by atoms with van der Waals surface area (Å²) in [6, 6.07) is 11.2. The lowest BCUT2D eigenvalue weighted by molar-refractivity contribution is -0.123. The maximum atomic E-state index is 15.2. The lowest BCUT2D eigenvalue weighted by atomic mass is 9.87. The van der Waals surface area contributed by atoms with Crippen LogP contribution in [-0.2, 0) is 15.0 Å². The molecule has 202 valence electrons. The molecule has 2 aromatic carbocycles. The van der Waals surface area contributed by atoms with Crippen molar-refractivity contribution < 1.29 is 18.4 Å². The van der Waals surface area contributed by atoms with Crippen LogP contribution in [0, 0.1) is 18.6 Å². The highest BCUT2D eigenvalue weighted by atomic mass is 32.2. The van der Waals surface area contributed by atoms with Crippen molar-refractivity contribution in [3.05, 3.63) is 76.5 Å². The summed E-state index contributed by atoms with van der Waals surface area (Å²) in [6.45, 7) is 11.7. The summed E-state index contributed by atoms with van der Waals surface area (Å²) in [6.07, 6.45) is 0.752. The zero-order valence-corrected chi connectivity index (χ0v) is 23.5. The number of carbonyl (C=O) groups is 2. The summed E-state index contributed by atoms with van der Waals surface area (Å²) in [7, 11) is 0. The van der Waals surface area contributed by atoms with E-state index in [1.807, 2.05) is 65.8 Å². The predicted molar refractivity (Wildman–Crippen MR) is 148 cm³/mol. The Morgan fingerprint density at radius 2 is 1.87 bits per heavy atom. The molecule has 0 unspecified atom stereocenters. The Morgan fingerprint density at radius 3 is 2.47 bits per heavy atom. The summed E-state index contributed by atoms with van der Waals surface area (Å²) < 4.78 is 30.7. The highest BCUT2D eigenvalue weighted by Gasteiger charge is 2.40. The largest absolute Gasteiger partial charge is 0.352 e. The summed E-state index contributed by atoms with van der Waals surface area (Å²) >= 11 is 1.26. The molecule has 1 aromatic heterocycles. The van der Waals surface area contributed by atoms with Gasteiger partial charge in [0.15, 0.2) is 0 Å². The number of hydrogen-bond acceptors (Lipinski definition) is 4. The first-order valence-electron chi connectivity index (χ1n) is 12.8. The molecule has 1 aliphatic rings. The fourth-order valence-corrected chi connectivity index (χ4v) is 5.68. The first kappa shape index (κ1) is 27.8. The molecular weight excluding hydrogens is 506 g/mol. The molecule has 4 rings (SSSR count). The second kappa shape index (κ2) is 10.9. The molecule has 38 heavy (non-hydrogen) atoms. The van der Waals surface area contributed by atoms with Crippen LogP contribution in [0.1, 0.15) is 68.7 Å². The fraction of sp³-hybridized carbons (Fsp3) is 0.414. The van der Waals surface area contributed by atoms with Crippen LogP contribution in [0.5, 0.6) is 0 Å². The summed E-state index contributed by atoms with van der Waals surface area (Å²) in [5.41, 5.74) is 2.89. The zero-order chi connectivity index (χ0) is 27.8. The standard InChI is InChI=1S/C29H34F2N4O2S/c1-7-18(3)32-23(36)15-34-24(37)16-38-26(21-13-10-19(30)14-22(21)31)25-27(29(4,5)6)33-35(28(25)34)20-11-8-17(2)9-12-20/h8-14,18,26H,7,15-16H2,1-6H3,(H,32,36)/t18-,26+/m0/s1. The van der Waals surface area contributed by atoms with Crippen molar-refractivity contribution in [1.29, 1.82) is 0 Å². The molecule has 0 fully saturated rings. The van der Waals surface area contributed by atoms with E-state index in [2.05, 4.69) is 5.32 Å². The first-order chi connectivity index (χ1) is 17.9. The third-order valence-corrected chi connectivity index (χ3v) is 7.88. The van der Waals surface area contributed by atoms with Gasteiger partial charge < -0.3 is 5.32 Å². The number of hydrogen-bond donors (Lipinski definition) is 1. The van der Waals surface area contributed by atoms with Gasteiger partial charge in [-0.05, 0) is 38.5 Å². The average molecular weight is 541 g/mol. The van der Waals surface area contributed by atoms with Gasteiger partial charge in [-0.3, -0.25) is 14.5 Å². The van der Waals surface area contributed by atoms with Gasteiger partial charge in [-0.15, -0.1) is 11.8 Å². The predicted octanol–water partition coefficient (Wildman–Crippen LogP) is 5.84. The number of benzene rings is 2. The lowest BCUT2D eigenvalue weighted by Gasteiger charge is -2.25. The summed E-state index contributed by atoms with van der Waals surface area (Å²) in [5, 5.41) is 7.28. The van der Waals surface area contributed by atoms with E-state index in [9.17, 15) is 14.0 Å². The van der Waals surface area contributed by atoms with E-state index in [-0.39, 0.29) is 35.7 Å². The van der Waals surface area contributed by atoms with E-state index in [1.165, 1.54) is 28.8 Å². The quantitative estimate of drug-likeness (QED) is 0.427. The van der Waals surface area contributed by atoms with Crippen LogP contribution in [0.25, 0.3) is 5.69 Å². The molecular formula is C29H34F2N4O2S. The van der Waals surface area contributed by atoms with Gasteiger partial charge in [0, 0.05) is 28.7 Å². The topological polar surface area (TPSA) is 67.2 Å². The average Bonchev–Trinajstić information content (AvgIpc) is 3.18. The van der Waals surface area contributed by atoms with Gasteiger partial charge in [0.25, 0.3) is 0 Å². The number of carbonyl (C=O) groups excluding carboxylic acids is 2. The maximum absolute atomic E-state index is 15.2. The van der Waals surface area contributed by atoms with Crippen molar-refractivity contribution in [2.24, 2.45) is 0 Å². The Hall–Kier alpha value is -3.20. The van der Waals surface area contributed by atoms with Crippen LogP contribution in [0.15, 0.2) is 42.5 Å². The molecule has 6 nitrogen and oxygen atoms in total. The highest BCUT2D eigenvalue weighted by Crippen LogP contribution is 2.49. The van der Waals surface area contributed by atoms with Gasteiger partial charge in [-0.25, -0.2) is 13.5 Å². The van der Waals surface area contributed by atoms with Crippen molar-refractivity contribution in [3.8, 4) is 5.69 Å². The minimum absolute atomic E-state index is 0.0181. The van der Waals surface area contributed by atoms with Gasteiger partial charge in [0.2, 0.25) is 11.8 Å². The number of fused-ring (bicyclic) bond motifs is 1. The highest BCUT2D eigenvalue weighted by molar-refractivity contribution is 8.00. The van der Waals surface area contributed by atoms with Crippen molar-refractivity contribution in [1.82, 2.24) is 15.1 Å². The van der Waals surface area contributed by atoms with E-state index in [0.717, 1.165) is 18.1 Å². The number of nitrogens with one attached hydrogen (secondary N) is 1. The van der Waals surface area contributed by atoms with Crippen molar-refractivity contribution in [3.63, 3.8) is 0 Å². The SMILES string of the molecule is CC[C@H](C)NC(=O)CN1C(=O)CS[C@H](c2ccc(F)cc2F)c2c(C(C)(C)C)nn(-c3ccc(C)cc3)c21. The van der Waals surface area contributed by atoms with Gasteiger partial charge >= 0.3 is 0 Å². The second-order valence-corrected chi connectivity index (χ2v) is 11.9. The second-order valence-electron chi connectivity index (χ2n) is 10.8. The van der Waals surface area contributed by atoms with Crippen LogP contribution < -0.4 is 10.2 Å². The van der Waals surface area contributed by atoms with Crippen molar-refractivity contribution in [2.75, 3.05) is 17.2 Å². The zero-order valence-electron chi connectivity index (χ0n) is 22.6. The number of rotatable bonds is 6. The van der Waals surface area contributed by atoms with Crippen LogP contribution in [0.4, 0.5) is 14.6 Å². The third-order valence-electron chi connectivity index (χ3n) is 6.64. The van der Waals surface area contributed by atoms with Crippen LogP contribution in [0.2, 0.25) is 0 Å². The number of amides is 2. The molecule has 0 aliphatic carbocycles. The number of aromatic nitrogens is 2. The molecule has 9 heteroatoms. The molecule has 1 aliphatic heterocycles. The Balaban J connectivity index is 2.00. The van der Waals surface area contributed by atoms with E-state index in [1.54, 1.807) is 4.68 Å². The Bertz CT molecular complexity index is 1350. The molecule has 2 atom stereocenters. The van der Waals surface area contributed by atoms with Crippen LogP contribution in [0.3, 0.4) is 0 Å². The minimum atomic E-state index is -0.688. The molecule has 2 heterocycles. The van der Waals surface area contributed by atoms with Crippen molar-refractivity contribution >= 4 is 29.4 Å². The minimum Gasteiger partial charge on any atom is -0.352 e. The molecule has 0 radical (unpaired) electrons. The van der Waals surface area contributed by atoms with Gasteiger partial charge in [0.05, 0.1) is 22.4 Å². The smallest absolute Gasteiger partial charge is 0.240 e. The monoisotopic (exact) mass is 540 g/mol. The molecule has 0 spiro atoms. The summed E-state index contributed by atoms with van der Waals surface area (Å²) in [4.78, 5) is 28.1. The molecule has 0 bridgehead atoms. The van der Waals surface area contributed by atoms with Crippen LogP contribution >= 0.6 is 11.8 Å². The van der Waals surface area contributed by atoms with E-state index in [0.29, 0.717) is 22.8 Å². The number of nitrogens with zero attached hydrogens (tertiary/aromatic N) is 3. The fourth-order valence-electron chi connectivity index (χ4n) is 4.46. The molecule has 0 saturated carbocycles. The number of halogens is 2. The lowest BCUT2D eigenvalue weighted by Crippen LogP contribution is -2.44. The maximum Gasteiger partial charge on any atom is 0.240 e. The number of thioether (sulfide) groups is 1. The first-order valence-corrected chi connectivity index (χ1v) is 13.8. The normalized spacial score (nSPS) is 16.7. The number of aryl methyl sites for hydroxylation is 1. The Labute approximate surface area is 226 Å².